The molecule has 1 heterocycles. The van der Waals surface area contributed by atoms with Crippen molar-refractivity contribution in [2.45, 2.75) is 31.8 Å². The van der Waals surface area contributed by atoms with Crippen molar-refractivity contribution in [1.29, 1.82) is 0 Å². The van der Waals surface area contributed by atoms with Gasteiger partial charge in [-0.2, -0.15) is 0 Å². The largest absolute Gasteiger partial charge is 0.396 e. The highest BCUT2D eigenvalue weighted by molar-refractivity contribution is 5.10. The molecule has 102 valence electrons. The molecule has 4 nitrogen and oxygen atoms in total. The molecule has 0 bridgehead atoms. The third-order valence-electron chi connectivity index (χ3n) is 2.80. The summed E-state index contributed by atoms with van der Waals surface area (Å²) in [4.78, 5) is 4.08. The third kappa shape index (κ3) is 4.68. The molecule has 0 saturated carbocycles. The van der Waals surface area contributed by atoms with Gasteiger partial charge in [0.25, 0.3) is 0 Å². The maximum atomic E-state index is 12.8. The fraction of sp³-hybridized carbons (Fsp3) is 0.615. The number of rotatable bonds is 8. The topological polar surface area (TPSA) is 54.4 Å². The minimum Gasteiger partial charge on any atom is -0.396 e. The second-order valence-electron chi connectivity index (χ2n) is 4.19. The molecule has 0 spiro atoms. The van der Waals surface area contributed by atoms with Crippen molar-refractivity contribution in [2.24, 2.45) is 0 Å². The van der Waals surface area contributed by atoms with Gasteiger partial charge in [-0.05, 0) is 25.0 Å². The van der Waals surface area contributed by atoms with Gasteiger partial charge < -0.3 is 15.2 Å². The van der Waals surface area contributed by atoms with Crippen LogP contribution in [-0.2, 0) is 4.74 Å². The molecule has 2 atom stereocenters. The summed E-state index contributed by atoms with van der Waals surface area (Å²) in [7, 11) is 1.63. The zero-order chi connectivity index (χ0) is 13.4. The summed E-state index contributed by atoms with van der Waals surface area (Å²) in [5, 5.41) is 12.4. The lowest BCUT2D eigenvalue weighted by atomic mass is 10.1. The molecule has 18 heavy (non-hydrogen) atoms. The van der Waals surface area contributed by atoms with Crippen molar-refractivity contribution < 1.29 is 14.2 Å². The molecule has 2 N–H and O–H groups in total. The highest BCUT2D eigenvalue weighted by Gasteiger charge is 2.16. The fourth-order valence-electron chi connectivity index (χ4n) is 1.86. The molecule has 0 amide bonds. The summed E-state index contributed by atoms with van der Waals surface area (Å²) >= 11 is 0. The summed E-state index contributed by atoms with van der Waals surface area (Å²) in [5.41, 5.74) is 0.804. The lowest BCUT2D eigenvalue weighted by molar-refractivity contribution is 0.141. The molecule has 1 aromatic heterocycles. The normalized spacial score (nSPS) is 14.4. The second kappa shape index (κ2) is 8.13. The van der Waals surface area contributed by atoms with Gasteiger partial charge in [0.15, 0.2) is 0 Å². The quantitative estimate of drug-likeness (QED) is 0.742. The van der Waals surface area contributed by atoms with Crippen molar-refractivity contribution in [2.75, 3.05) is 20.3 Å². The Labute approximate surface area is 107 Å². The van der Waals surface area contributed by atoms with Crippen molar-refractivity contribution in [3.63, 3.8) is 0 Å². The number of aliphatic hydroxyl groups excluding tert-OH is 1. The molecule has 0 aliphatic carbocycles. The summed E-state index contributed by atoms with van der Waals surface area (Å²) in [6.45, 7) is 2.66. The Hall–Kier alpha value is -1.04. The molecule has 0 aliphatic rings. The molecule has 0 saturated heterocycles. The molecule has 1 aromatic rings. The zero-order valence-corrected chi connectivity index (χ0v) is 10.9. The van der Waals surface area contributed by atoms with Crippen LogP contribution in [0, 0.1) is 5.82 Å². The van der Waals surface area contributed by atoms with Crippen LogP contribution in [0.15, 0.2) is 18.3 Å². The smallest absolute Gasteiger partial charge is 0.141 e. The predicted octanol–water partition coefficient (Wildman–Crippen LogP) is 1.66. The van der Waals surface area contributed by atoms with E-state index in [9.17, 15) is 4.39 Å². The Morgan fingerprint density at radius 2 is 2.28 bits per heavy atom. The standard InChI is InChI=1S/C13H21FN2O2/c1-3-12(13-5-4-10(14)8-15-13)16-11(6-7-17)9-18-2/h4-5,8,11-12,16-17H,3,6-7,9H2,1-2H3. The SMILES string of the molecule is CCC(NC(CCO)COC)c1ccc(F)cn1. The summed E-state index contributed by atoms with van der Waals surface area (Å²) < 4.78 is 17.9. The number of ether oxygens (including phenoxy) is 1. The minimum atomic E-state index is -0.336. The average Bonchev–Trinajstić information content (AvgIpc) is 2.37. The van der Waals surface area contributed by atoms with Gasteiger partial charge in [-0.1, -0.05) is 6.92 Å². The Balaban J connectivity index is 2.67. The number of aliphatic hydroxyl groups is 1. The molecule has 0 fully saturated rings. The number of nitrogens with one attached hydrogen (secondary N) is 1. The van der Waals surface area contributed by atoms with E-state index in [-0.39, 0.29) is 24.5 Å². The Kier molecular flexibility index (Phi) is 6.78. The number of aromatic nitrogens is 1. The van der Waals surface area contributed by atoms with E-state index in [4.69, 9.17) is 9.84 Å². The lowest BCUT2D eigenvalue weighted by Crippen LogP contribution is -2.37. The monoisotopic (exact) mass is 256 g/mol. The van der Waals surface area contributed by atoms with Crippen LogP contribution in [0.1, 0.15) is 31.5 Å². The van der Waals surface area contributed by atoms with Gasteiger partial charge in [0.05, 0.1) is 18.5 Å². The summed E-state index contributed by atoms with van der Waals surface area (Å²) in [6.07, 6.45) is 2.67. The molecule has 2 unspecified atom stereocenters. The van der Waals surface area contributed by atoms with E-state index in [0.717, 1.165) is 12.1 Å². The average molecular weight is 256 g/mol. The number of hydrogen-bond acceptors (Lipinski definition) is 4. The van der Waals surface area contributed by atoms with Gasteiger partial charge in [0.2, 0.25) is 0 Å². The van der Waals surface area contributed by atoms with Crippen LogP contribution in [0.2, 0.25) is 0 Å². The maximum absolute atomic E-state index is 12.8. The minimum absolute atomic E-state index is 0.0392. The van der Waals surface area contributed by atoms with Crippen molar-refractivity contribution in [3.8, 4) is 0 Å². The van der Waals surface area contributed by atoms with E-state index in [1.54, 1.807) is 13.2 Å². The molecule has 1 rings (SSSR count). The Morgan fingerprint density at radius 1 is 1.50 bits per heavy atom. The third-order valence-corrected chi connectivity index (χ3v) is 2.80. The van der Waals surface area contributed by atoms with Gasteiger partial charge in [-0.3, -0.25) is 4.98 Å². The summed E-state index contributed by atoms with van der Waals surface area (Å²) in [5.74, 6) is -0.336. The molecule has 5 heteroatoms. The fourth-order valence-corrected chi connectivity index (χ4v) is 1.86. The van der Waals surface area contributed by atoms with E-state index in [1.807, 2.05) is 6.92 Å². The number of hydrogen-bond donors (Lipinski definition) is 2. The molecular formula is C13H21FN2O2. The van der Waals surface area contributed by atoms with Gasteiger partial charge >= 0.3 is 0 Å². The Bertz CT molecular complexity index is 326. The predicted molar refractivity (Wildman–Crippen MR) is 67.7 cm³/mol. The first kappa shape index (κ1) is 15.0. The van der Waals surface area contributed by atoms with Crippen LogP contribution in [0.5, 0.6) is 0 Å². The van der Waals surface area contributed by atoms with Crippen LogP contribution in [0.4, 0.5) is 4.39 Å². The summed E-state index contributed by atoms with van der Waals surface area (Å²) in [6, 6.07) is 3.19. The van der Waals surface area contributed by atoms with Crippen LogP contribution < -0.4 is 5.32 Å². The van der Waals surface area contributed by atoms with Gasteiger partial charge in [0.1, 0.15) is 5.82 Å². The van der Waals surface area contributed by atoms with E-state index in [1.165, 1.54) is 12.3 Å². The molecule has 0 aromatic carbocycles. The highest BCUT2D eigenvalue weighted by Crippen LogP contribution is 2.15. The van der Waals surface area contributed by atoms with Crippen LogP contribution in [-0.4, -0.2) is 36.5 Å². The molecular weight excluding hydrogens is 235 g/mol. The van der Waals surface area contributed by atoms with Crippen molar-refractivity contribution in [3.05, 3.63) is 29.8 Å². The number of halogens is 1. The molecule has 0 aliphatic heterocycles. The van der Waals surface area contributed by atoms with Crippen LogP contribution >= 0.6 is 0 Å². The van der Waals surface area contributed by atoms with E-state index < -0.39 is 0 Å². The van der Waals surface area contributed by atoms with Gasteiger partial charge in [0, 0.05) is 25.8 Å². The van der Waals surface area contributed by atoms with E-state index in [2.05, 4.69) is 10.3 Å². The number of pyridine rings is 1. The van der Waals surface area contributed by atoms with E-state index >= 15 is 0 Å². The molecule has 0 radical (unpaired) electrons. The Morgan fingerprint density at radius 3 is 2.78 bits per heavy atom. The van der Waals surface area contributed by atoms with Gasteiger partial charge in [-0.15, -0.1) is 0 Å². The lowest BCUT2D eigenvalue weighted by Gasteiger charge is -2.23. The van der Waals surface area contributed by atoms with Gasteiger partial charge in [-0.25, -0.2) is 4.39 Å². The van der Waals surface area contributed by atoms with E-state index in [0.29, 0.717) is 13.0 Å². The van der Waals surface area contributed by atoms with Crippen molar-refractivity contribution >= 4 is 0 Å². The first-order valence-electron chi connectivity index (χ1n) is 6.18. The maximum Gasteiger partial charge on any atom is 0.141 e. The zero-order valence-electron chi connectivity index (χ0n) is 10.9. The number of nitrogens with zero attached hydrogens (tertiary/aromatic N) is 1. The second-order valence-corrected chi connectivity index (χ2v) is 4.19. The number of methoxy groups -OCH3 is 1. The highest BCUT2D eigenvalue weighted by atomic mass is 19.1. The first-order chi connectivity index (χ1) is 8.71. The first-order valence-corrected chi connectivity index (χ1v) is 6.18. The van der Waals surface area contributed by atoms with Crippen LogP contribution in [0.25, 0.3) is 0 Å². The van der Waals surface area contributed by atoms with Crippen molar-refractivity contribution in [1.82, 2.24) is 10.3 Å². The van der Waals surface area contributed by atoms with Crippen LogP contribution in [0.3, 0.4) is 0 Å².